The molecule has 2 aromatic rings. The van der Waals surface area contributed by atoms with Gasteiger partial charge in [0.15, 0.2) is 0 Å². The third-order valence-corrected chi connectivity index (χ3v) is 4.82. The van der Waals surface area contributed by atoms with Gasteiger partial charge in [0, 0.05) is 17.4 Å². The number of hydrogen-bond acceptors (Lipinski definition) is 4. The Labute approximate surface area is 144 Å². The molecule has 0 spiro atoms. The molecule has 1 atom stereocenters. The number of aromatic hydroxyl groups is 1. The van der Waals surface area contributed by atoms with E-state index in [9.17, 15) is 14.7 Å². The van der Waals surface area contributed by atoms with Gasteiger partial charge in [-0.1, -0.05) is 12.1 Å². The van der Waals surface area contributed by atoms with Crippen LogP contribution >= 0.6 is 11.8 Å². The second-order valence-corrected chi connectivity index (χ2v) is 6.71. The quantitative estimate of drug-likeness (QED) is 0.840. The second-order valence-electron chi connectivity index (χ2n) is 5.66. The number of anilines is 2. The smallest absolute Gasteiger partial charge is 0.237 e. The van der Waals surface area contributed by atoms with Crippen LogP contribution in [0.5, 0.6) is 5.75 Å². The van der Waals surface area contributed by atoms with Crippen LogP contribution in [0.4, 0.5) is 11.4 Å². The molecule has 1 heterocycles. The first-order chi connectivity index (χ1) is 11.5. The first-order valence-electron chi connectivity index (χ1n) is 7.67. The topological polar surface area (TPSA) is 69.6 Å². The molecule has 0 aliphatic carbocycles. The number of carbonyl (C=O) groups is 2. The minimum Gasteiger partial charge on any atom is -0.508 e. The largest absolute Gasteiger partial charge is 0.508 e. The molecule has 0 fully saturated rings. The average molecular weight is 342 g/mol. The molecule has 2 amide bonds. The molecule has 124 valence electrons. The lowest BCUT2D eigenvalue weighted by Crippen LogP contribution is -2.40. The molecule has 0 bridgehead atoms. The van der Waals surface area contributed by atoms with Crippen LogP contribution in [0.1, 0.15) is 13.3 Å². The summed E-state index contributed by atoms with van der Waals surface area (Å²) in [6.07, 6.45) is 0.268. The highest BCUT2D eigenvalue weighted by atomic mass is 32.2. The maximum Gasteiger partial charge on any atom is 0.237 e. The zero-order chi connectivity index (χ0) is 17.1. The molecule has 2 aromatic carbocycles. The van der Waals surface area contributed by atoms with E-state index in [-0.39, 0.29) is 35.8 Å². The Bertz CT molecular complexity index is 761. The van der Waals surface area contributed by atoms with E-state index in [0.29, 0.717) is 5.69 Å². The predicted octanol–water partition coefficient (Wildman–Crippen LogP) is 3.25. The summed E-state index contributed by atoms with van der Waals surface area (Å²) in [5.41, 5.74) is 1.39. The van der Waals surface area contributed by atoms with E-state index in [1.165, 1.54) is 11.8 Å². The van der Waals surface area contributed by atoms with Crippen LogP contribution in [-0.2, 0) is 9.59 Å². The van der Waals surface area contributed by atoms with Crippen LogP contribution in [0.15, 0.2) is 53.4 Å². The molecule has 2 N–H and O–H groups in total. The molecular weight excluding hydrogens is 324 g/mol. The van der Waals surface area contributed by atoms with Gasteiger partial charge >= 0.3 is 0 Å². The normalized spacial score (nSPS) is 17.0. The van der Waals surface area contributed by atoms with Crippen molar-refractivity contribution in [2.75, 3.05) is 16.0 Å². The number of hydrogen-bond donors (Lipinski definition) is 2. The molecule has 1 aliphatic heterocycles. The van der Waals surface area contributed by atoms with Gasteiger partial charge in [-0.15, -0.1) is 11.8 Å². The fourth-order valence-corrected chi connectivity index (χ4v) is 3.48. The van der Waals surface area contributed by atoms with Gasteiger partial charge in [-0.25, -0.2) is 0 Å². The fraction of sp³-hybridized carbons (Fsp3) is 0.222. The number of benzene rings is 2. The summed E-state index contributed by atoms with van der Waals surface area (Å²) in [4.78, 5) is 27.3. The Hall–Kier alpha value is -2.47. The maximum atomic E-state index is 12.8. The zero-order valence-corrected chi connectivity index (χ0v) is 14.0. The minimum atomic E-state index is -0.207. The molecule has 6 heteroatoms. The molecular formula is C18H18N2O3S. The molecule has 3 rings (SSSR count). The van der Waals surface area contributed by atoms with Crippen molar-refractivity contribution in [1.82, 2.24) is 0 Å². The Morgan fingerprint density at radius 2 is 1.96 bits per heavy atom. The number of para-hydroxylation sites is 2. The number of carbonyl (C=O) groups excluding carboxylic acids is 2. The average Bonchev–Trinajstić information content (AvgIpc) is 2.68. The van der Waals surface area contributed by atoms with Crippen LogP contribution in [0.25, 0.3) is 0 Å². The molecule has 0 saturated heterocycles. The number of nitrogens with zero attached hydrogens (tertiary/aromatic N) is 1. The number of phenolic OH excluding ortho intramolecular Hbond substituents is 1. The van der Waals surface area contributed by atoms with Gasteiger partial charge in [0.1, 0.15) is 5.75 Å². The summed E-state index contributed by atoms with van der Waals surface area (Å²) in [5.74, 6) is 0.323. The lowest BCUT2D eigenvalue weighted by molar-refractivity contribution is -0.117. The number of fused-ring (bicyclic) bond motifs is 1. The van der Waals surface area contributed by atoms with E-state index in [4.69, 9.17) is 0 Å². The van der Waals surface area contributed by atoms with E-state index < -0.39 is 0 Å². The fourth-order valence-electron chi connectivity index (χ4n) is 2.72. The van der Waals surface area contributed by atoms with Crippen LogP contribution in [0, 0.1) is 0 Å². The monoisotopic (exact) mass is 342 g/mol. The highest BCUT2D eigenvalue weighted by Crippen LogP contribution is 2.32. The van der Waals surface area contributed by atoms with Gasteiger partial charge in [0.2, 0.25) is 11.8 Å². The van der Waals surface area contributed by atoms with Crippen molar-refractivity contribution in [3.8, 4) is 5.75 Å². The van der Waals surface area contributed by atoms with Gasteiger partial charge < -0.3 is 15.3 Å². The number of thioether (sulfide) groups is 1. The Morgan fingerprint density at radius 3 is 2.71 bits per heavy atom. The van der Waals surface area contributed by atoms with Crippen molar-refractivity contribution in [3.05, 3.63) is 48.5 Å². The zero-order valence-electron chi connectivity index (χ0n) is 13.2. The van der Waals surface area contributed by atoms with Crippen molar-refractivity contribution < 1.29 is 14.7 Å². The maximum absolute atomic E-state index is 12.8. The van der Waals surface area contributed by atoms with Gasteiger partial charge in [-0.3, -0.25) is 9.59 Å². The molecule has 5 nitrogen and oxygen atoms in total. The first kappa shape index (κ1) is 16.4. The van der Waals surface area contributed by atoms with Crippen molar-refractivity contribution in [1.29, 1.82) is 0 Å². The van der Waals surface area contributed by atoms with E-state index in [1.807, 2.05) is 25.1 Å². The van der Waals surface area contributed by atoms with Crippen molar-refractivity contribution >= 4 is 35.0 Å². The summed E-state index contributed by atoms with van der Waals surface area (Å²) in [7, 11) is 0. The van der Waals surface area contributed by atoms with Gasteiger partial charge in [0.25, 0.3) is 0 Å². The van der Waals surface area contributed by atoms with E-state index in [2.05, 4.69) is 5.32 Å². The molecule has 0 radical (unpaired) electrons. The van der Waals surface area contributed by atoms with Crippen LogP contribution in [0.2, 0.25) is 0 Å². The third-order valence-electron chi connectivity index (χ3n) is 3.83. The van der Waals surface area contributed by atoms with Gasteiger partial charge in [0.05, 0.1) is 17.1 Å². The summed E-state index contributed by atoms with van der Waals surface area (Å²) in [5, 5.41) is 12.2. The van der Waals surface area contributed by atoms with Crippen molar-refractivity contribution in [2.45, 2.75) is 24.3 Å². The summed E-state index contributed by atoms with van der Waals surface area (Å²) in [6, 6.07) is 13.9. The summed E-state index contributed by atoms with van der Waals surface area (Å²) >= 11 is 1.41. The van der Waals surface area contributed by atoms with E-state index in [1.54, 1.807) is 35.2 Å². The SMILES string of the molecule is CC1CC(=O)Nc2ccccc2N1C(=O)CSc1ccc(O)cc1. The van der Waals surface area contributed by atoms with Gasteiger partial charge in [-0.05, 0) is 43.3 Å². The lowest BCUT2D eigenvalue weighted by Gasteiger charge is -2.27. The number of phenols is 1. The van der Waals surface area contributed by atoms with Crippen molar-refractivity contribution in [2.24, 2.45) is 0 Å². The van der Waals surface area contributed by atoms with Gasteiger partial charge in [-0.2, -0.15) is 0 Å². The number of rotatable bonds is 3. The number of amides is 2. The summed E-state index contributed by atoms with van der Waals surface area (Å²) < 4.78 is 0. The second kappa shape index (κ2) is 6.97. The Kier molecular flexibility index (Phi) is 4.76. The molecule has 0 saturated carbocycles. The van der Waals surface area contributed by atoms with Crippen LogP contribution in [0.3, 0.4) is 0 Å². The van der Waals surface area contributed by atoms with E-state index >= 15 is 0 Å². The summed E-state index contributed by atoms with van der Waals surface area (Å²) in [6.45, 7) is 1.88. The highest BCUT2D eigenvalue weighted by Gasteiger charge is 2.29. The Morgan fingerprint density at radius 1 is 1.25 bits per heavy atom. The van der Waals surface area contributed by atoms with E-state index in [0.717, 1.165) is 10.6 Å². The highest BCUT2D eigenvalue weighted by molar-refractivity contribution is 8.00. The van der Waals surface area contributed by atoms with Crippen LogP contribution < -0.4 is 10.2 Å². The Balaban J connectivity index is 1.79. The molecule has 1 aliphatic rings. The molecule has 24 heavy (non-hydrogen) atoms. The third kappa shape index (κ3) is 3.54. The number of nitrogens with one attached hydrogen (secondary N) is 1. The predicted molar refractivity (Wildman–Crippen MR) is 95.5 cm³/mol. The lowest BCUT2D eigenvalue weighted by atomic mass is 10.2. The van der Waals surface area contributed by atoms with Crippen molar-refractivity contribution in [3.63, 3.8) is 0 Å². The first-order valence-corrected chi connectivity index (χ1v) is 8.66. The standard InChI is InChI=1S/C18H18N2O3S/c1-12-10-17(22)19-15-4-2-3-5-16(15)20(12)18(23)11-24-14-8-6-13(21)7-9-14/h2-9,12,21H,10-11H2,1H3,(H,19,22). The minimum absolute atomic E-state index is 0.0514. The molecule has 0 aromatic heterocycles. The molecule has 1 unspecified atom stereocenters. The van der Waals surface area contributed by atoms with Crippen LogP contribution in [-0.4, -0.2) is 28.7 Å².